The summed E-state index contributed by atoms with van der Waals surface area (Å²) in [5.74, 6) is -1.34. The Morgan fingerprint density at radius 1 is 1.53 bits per heavy atom. The monoisotopic (exact) mass is 329 g/mol. The number of nitro groups is 1. The second kappa shape index (κ2) is 5.16. The van der Waals surface area contributed by atoms with Crippen LogP contribution in [0.25, 0.3) is 0 Å². The van der Waals surface area contributed by atoms with Crippen molar-refractivity contribution < 1.29 is 19.9 Å². The van der Waals surface area contributed by atoms with E-state index in [2.05, 4.69) is 15.9 Å². The zero-order valence-electron chi connectivity index (χ0n) is 9.88. The van der Waals surface area contributed by atoms with Gasteiger partial charge in [0.25, 0.3) is 0 Å². The molecule has 7 heteroatoms. The van der Waals surface area contributed by atoms with Gasteiger partial charge in [0.15, 0.2) is 0 Å². The van der Waals surface area contributed by atoms with Crippen molar-refractivity contribution in [2.45, 2.75) is 25.2 Å². The Morgan fingerprint density at radius 2 is 2.16 bits per heavy atom. The SMILES string of the molecule is O=C(O)CC(c1cc(Br)c(O)c([N+](=O)[O-])c1)C1CC1. The fourth-order valence-corrected chi connectivity index (χ4v) is 2.67. The number of hydrogen-bond acceptors (Lipinski definition) is 4. The molecule has 6 nitrogen and oxygen atoms in total. The Morgan fingerprint density at radius 3 is 2.63 bits per heavy atom. The number of nitro benzene ring substituents is 1. The lowest BCUT2D eigenvalue weighted by molar-refractivity contribution is -0.386. The van der Waals surface area contributed by atoms with E-state index in [-0.39, 0.29) is 22.7 Å². The Balaban J connectivity index is 2.42. The van der Waals surface area contributed by atoms with Gasteiger partial charge in [-0.2, -0.15) is 0 Å². The van der Waals surface area contributed by atoms with Crippen molar-refractivity contribution in [1.82, 2.24) is 0 Å². The average Bonchev–Trinajstić information content (AvgIpc) is 3.13. The summed E-state index contributed by atoms with van der Waals surface area (Å²) < 4.78 is 0.215. The van der Waals surface area contributed by atoms with Crippen LogP contribution in [0.15, 0.2) is 16.6 Å². The van der Waals surface area contributed by atoms with E-state index in [4.69, 9.17) is 5.11 Å². The predicted octanol–water partition coefficient (Wildman–Crippen LogP) is 3.03. The van der Waals surface area contributed by atoms with Gasteiger partial charge in [-0.3, -0.25) is 14.9 Å². The van der Waals surface area contributed by atoms with Gasteiger partial charge in [-0.15, -0.1) is 0 Å². The second-order valence-electron chi connectivity index (χ2n) is 4.67. The lowest BCUT2D eigenvalue weighted by atomic mass is 9.90. The highest BCUT2D eigenvalue weighted by atomic mass is 79.9. The molecule has 1 unspecified atom stereocenters. The van der Waals surface area contributed by atoms with Crippen molar-refractivity contribution in [2.24, 2.45) is 5.92 Å². The van der Waals surface area contributed by atoms with Gasteiger partial charge in [0.05, 0.1) is 15.8 Å². The molecule has 1 aromatic carbocycles. The van der Waals surface area contributed by atoms with Crippen LogP contribution in [0.5, 0.6) is 5.75 Å². The van der Waals surface area contributed by atoms with Gasteiger partial charge < -0.3 is 10.2 Å². The van der Waals surface area contributed by atoms with Crippen LogP contribution in [0.2, 0.25) is 0 Å². The van der Waals surface area contributed by atoms with Gasteiger partial charge in [-0.05, 0) is 52.2 Å². The molecule has 2 rings (SSSR count). The smallest absolute Gasteiger partial charge is 0.312 e. The van der Waals surface area contributed by atoms with Crippen molar-refractivity contribution >= 4 is 27.6 Å². The normalized spacial score (nSPS) is 16.1. The van der Waals surface area contributed by atoms with E-state index in [1.807, 2.05) is 0 Å². The van der Waals surface area contributed by atoms with E-state index in [1.165, 1.54) is 6.07 Å². The molecule has 1 fully saturated rings. The molecular formula is C12H12BrNO5. The van der Waals surface area contributed by atoms with E-state index < -0.39 is 22.3 Å². The first kappa shape index (κ1) is 13.8. The zero-order valence-corrected chi connectivity index (χ0v) is 11.5. The van der Waals surface area contributed by atoms with E-state index in [1.54, 1.807) is 6.07 Å². The summed E-state index contributed by atoms with van der Waals surface area (Å²) in [7, 11) is 0. The minimum atomic E-state index is -0.927. The standard InChI is InChI=1S/C12H12BrNO5/c13-9-3-7(4-10(12(9)17)14(18)19)8(5-11(15)16)6-1-2-6/h3-4,6,8,17H,1-2,5H2,(H,15,16). The lowest BCUT2D eigenvalue weighted by Gasteiger charge is -2.15. The van der Waals surface area contributed by atoms with Gasteiger partial charge in [0, 0.05) is 6.07 Å². The molecule has 1 aromatic rings. The van der Waals surface area contributed by atoms with Crippen LogP contribution in [0.1, 0.15) is 30.7 Å². The van der Waals surface area contributed by atoms with E-state index in [0.29, 0.717) is 5.56 Å². The maximum atomic E-state index is 10.9. The highest BCUT2D eigenvalue weighted by molar-refractivity contribution is 9.10. The van der Waals surface area contributed by atoms with Gasteiger partial charge in [-0.1, -0.05) is 0 Å². The Bertz CT molecular complexity index is 541. The number of carboxylic acid groups (broad SMARTS) is 1. The molecule has 0 aliphatic heterocycles. The summed E-state index contributed by atoms with van der Waals surface area (Å²) in [6.07, 6.45) is 1.81. The summed E-state index contributed by atoms with van der Waals surface area (Å²) in [5.41, 5.74) is 0.182. The van der Waals surface area contributed by atoms with Crippen molar-refractivity contribution in [2.75, 3.05) is 0 Å². The van der Waals surface area contributed by atoms with Crippen molar-refractivity contribution in [3.8, 4) is 5.75 Å². The Hall–Kier alpha value is -1.63. The molecular weight excluding hydrogens is 318 g/mol. The number of aliphatic carboxylic acids is 1. The molecule has 0 aromatic heterocycles. The molecule has 1 aliphatic carbocycles. The molecule has 0 saturated heterocycles. The van der Waals surface area contributed by atoms with Gasteiger partial charge >= 0.3 is 11.7 Å². The second-order valence-corrected chi connectivity index (χ2v) is 5.52. The predicted molar refractivity (Wildman–Crippen MR) is 70.2 cm³/mol. The number of halogens is 1. The third-order valence-corrected chi connectivity index (χ3v) is 3.88. The highest BCUT2D eigenvalue weighted by Crippen LogP contribution is 2.47. The van der Waals surface area contributed by atoms with E-state index in [9.17, 15) is 20.0 Å². The molecule has 0 amide bonds. The number of benzene rings is 1. The molecule has 0 heterocycles. The zero-order chi connectivity index (χ0) is 14.2. The molecule has 1 aliphatic rings. The van der Waals surface area contributed by atoms with Gasteiger partial charge in [-0.25, -0.2) is 0 Å². The van der Waals surface area contributed by atoms with Crippen LogP contribution in [0.4, 0.5) is 5.69 Å². The maximum Gasteiger partial charge on any atom is 0.312 e. The molecule has 0 spiro atoms. The molecule has 19 heavy (non-hydrogen) atoms. The van der Waals surface area contributed by atoms with E-state index in [0.717, 1.165) is 12.8 Å². The third-order valence-electron chi connectivity index (χ3n) is 3.28. The fraction of sp³-hybridized carbons (Fsp3) is 0.417. The number of carbonyl (C=O) groups is 1. The lowest BCUT2D eigenvalue weighted by Crippen LogP contribution is -2.09. The number of rotatable bonds is 5. The van der Waals surface area contributed by atoms with Crippen LogP contribution < -0.4 is 0 Å². The molecule has 1 saturated carbocycles. The average molecular weight is 330 g/mol. The molecule has 0 radical (unpaired) electrons. The summed E-state index contributed by atoms with van der Waals surface area (Å²) in [6, 6.07) is 2.83. The van der Waals surface area contributed by atoms with Gasteiger partial charge in [0.1, 0.15) is 0 Å². The van der Waals surface area contributed by atoms with Crippen LogP contribution in [-0.2, 0) is 4.79 Å². The molecule has 102 valence electrons. The first-order chi connectivity index (χ1) is 8.90. The van der Waals surface area contributed by atoms with Crippen LogP contribution >= 0.6 is 15.9 Å². The van der Waals surface area contributed by atoms with Crippen LogP contribution in [0.3, 0.4) is 0 Å². The number of aromatic hydroxyl groups is 1. The summed E-state index contributed by atoms with van der Waals surface area (Å²) >= 11 is 3.07. The van der Waals surface area contributed by atoms with Crippen LogP contribution in [0, 0.1) is 16.0 Å². The number of phenols is 1. The van der Waals surface area contributed by atoms with Crippen molar-refractivity contribution in [3.63, 3.8) is 0 Å². The number of carboxylic acids is 1. The minimum Gasteiger partial charge on any atom is -0.501 e. The maximum absolute atomic E-state index is 10.9. The molecule has 2 N–H and O–H groups in total. The number of hydrogen-bond donors (Lipinski definition) is 2. The largest absolute Gasteiger partial charge is 0.501 e. The number of nitrogens with zero attached hydrogens (tertiary/aromatic N) is 1. The topological polar surface area (TPSA) is 101 Å². The minimum absolute atomic E-state index is 0.0565. The van der Waals surface area contributed by atoms with Gasteiger partial charge in [0.2, 0.25) is 5.75 Å². The Kier molecular flexibility index (Phi) is 3.75. The Labute approximate surface area is 117 Å². The molecule has 0 bridgehead atoms. The summed E-state index contributed by atoms with van der Waals surface area (Å²) in [5, 5.41) is 29.4. The first-order valence-electron chi connectivity index (χ1n) is 5.78. The quantitative estimate of drug-likeness (QED) is 0.638. The fourth-order valence-electron chi connectivity index (χ4n) is 2.20. The summed E-state index contributed by atoms with van der Waals surface area (Å²) in [4.78, 5) is 21.1. The van der Waals surface area contributed by atoms with Crippen molar-refractivity contribution in [3.05, 3.63) is 32.3 Å². The summed E-state index contributed by atoms with van der Waals surface area (Å²) in [6.45, 7) is 0. The molecule has 1 atom stereocenters. The van der Waals surface area contributed by atoms with Crippen LogP contribution in [-0.4, -0.2) is 21.1 Å². The number of phenolic OH excluding ortho intramolecular Hbond substituents is 1. The van der Waals surface area contributed by atoms with Crippen molar-refractivity contribution in [1.29, 1.82) is 0 Å². The third kappa shape index (κ3) is 3.04. The first-order valence-corrected chi connectivity index (χ1v) is 6.58. The van der Waals surface area contributed by atoms with E-state index >= 15 is 0 Å². The highest BCUT2D eigenvalue weighted by Gasteiger charge is 2.35.